The van der Waals surface area contributed by atoms with Crippen molar-refractivity contribution in [3.8, 4) is 0 Å². The van der Waals surface area contributed by atoms with Crippen molar-refractivity contribution >= 4 is 16.8 Å². The summed E-state index contributed by atoms with van der Waals surface area (Å²) in [5, 5.41) is 1.11. The zero-order valence-electron chi connectivity index (χ0n) is 14.3. The second-order valence-electron chi connectivity index (χ2n) is 7.16. The summed E-state index contributed by atoms with van der Waals surface area (Å²) in [6, 6.07) is 11.1. The summed E-state index contributed by atoms with van der Waals surface area (Å²) in [7, 11) is 2.20. The first-order valence-corrected chi connectivity index (χ1v) is 9.06. The van der Waals surface area contributed by atoms with Crippen LogP contribution in [0.25, 0.3) is 10.9 Å². The van der Waals surface area contributed by atoms with Crippen LogP contribution in [0, 0.1) is 0 Å². The van der Waals surface area contributed by atoms with Crippen LogP contribution in [-0.2, 0) is 11.2 Å². The number of aromatic nitrogens is 1. The van der Waals surface area contributed by atoms with E-state index in [1.165, 1.54) is 12.8 Å². The van der Waals surface area contributed by atoms with Crippen LogP contribution in [-0.4, -0.2) is 52.9 Å². The van der Waals surface area contributed by atoms with E-state index in [0.717, 1.165) is 42.4 Å². The average Bonchev–Trinajstić information content (AvgIpc) is 3.23. The van der Waals surface area contributed by atoms with Crippen LogP contribution in [0.4, 0.5) is 0 Å². The summed E-state index contributed by atoms with van der Waals surface area (Å²) >= 11 is 0. The number of rotatable bonds is 3. The Hall–Kier alpha value is -1.94. The molecule has 2 aromatic rings. The number of fused-ring (bicyclic) bond motifs is 1. The van der Waals surface area contributed by atoms with Crippen molar-refractivity contribution in [1.82, 2.24) is 14.8 Å². The van der Waals surface area contributed by atoms with Gasteiger partial charge in [0, 0.05) is 30.2 Å². The molecule has 0 radical (unpaired) electrons. The van der Waals surface area contributed by atoms with Crippen LogP contribution in [0.3, 0.4) is 0 Å². The van der Waals surface area contributed by atoms with E-state index in [4.69, 9.17) is 0 Å². The number of para-hydroxylation sites is 1. The number of carbonyl (C=O) groups is 1. The Labute approximate surface area is 143 Å². The van der Waals surface area contributed by atoms with E-state index >= 15 is 0 Å². The summed E-state index contributed by atoms with van der Waals surface area (Å²) in [4.78, 5) is 22.1. The molecule has 0 spiro atoms. The van der Waals surface area contributed by atoms with Crippen molar-refractivity contribution in [3.63, 3.8) is 0 Å². The number of hydrogen-bond donors (Lipinski definition) is 0. The normalized spacial score (nSPS) is 24.8. The number of hydrogen-bond acceptors (Lipinski definition) is 3. The van der Waals surface area contributed by atoms with Gasteiger partial charge in [0.15, 0.2) is 0 Å². The fourth-order valence-corrected chi connectivity index (χ4v) is 4.50. The fraction of sp³-hybridized carbons (Fsp3) is 0.500. The topological polar surface area (TPSA) is 36.4 Å². The summed E-state index contributed by atoms with van der Waals surface area (Å²) in [5.74, 6) is 0.260. The van der Waals surface area contributed by atoms with Gasteiger partial charge >= 0.3 is 0 Å². The molecule has 0 N–H and O–H groups in total. The lowest BCUT2D eigenvalue weighted by Crippen LogP contribution is -2.47. The molecule has 2 fully saturated rings. The van der Waals surface area contributed by atoms with Crippen LogP contribution in [0.15, 0.2) is 36.5 Å². The molecule has 0 aliphatic carbocycles. The second kappa shape index (κ2) is 6.52. The molecule has 24 heavy (non-hydrogen) atoms. The zero-order chi connectivity index (χ0) is 16.5. The maximum atomic E-state index is 13.0. The predicted molar refractivity (Wildman–Crippen MR) is 95.8 cm³/mol. The van der Waals surface area contributed by atoms with Crippen molar-refractivity contribution in [2.45, 2.75) is 44.2 Å². The molecule has 1 amide bonds. The van der Waals surface area contributed by atoms with Crippen LogP contribution < -0.4 is 0 Å². The van der Waals surface area contributed by atoms with Crippen LogP contribution in [0.1, 0.15) is 31.2 Å². The zero-order valence-corrected chi connectivity index (χ0v) is 14.3. The number of nitrogens with zero attached hydrogens (tertiary/aromatic N) is 3. The lowest BCUT2D eigenvalue weighted by atomic mass is 10.0. The van der Waals surface area contributed by atoms with E-state index in [2.05, 4.69) is 34.0 Å². The molecule has 1 aromatic heterocycles. The number of benzene rings is 1. The molecule has 2 aliphatic rings. The van der Waals surface area contributed by atoms with Crippen LogP contribution >= 0.6 is 0 Å². The first kappa shape index (κ1) is 15.6. The Morgan fingerprint density at radius 3 is 2.75 bits per heavy atom. The highest BCUT2D eigenvalue weighted by atomic mass is 16.2. The standard InChI is InChI=1S/C20H25N3O/c1-22-12-4-9-17(22)18-10-5-13-23(18)19(24)14-16-7-2-6-15-8-3-11-21-20(15)16/h2-3,6-8,11,17-18H,4-5,9-10,12-14H2,1H3/t17-,18+/m1/s1. The maximum Gasteiger partial charge on any atom is 0.227 e. The summed E-state index contributed by atoms with van der Waals surface area (Å²) in [5.41, 5.74) is 2.01. The first-order valence-electron chi connectivity index (χ1n) is 9.06. The lowest BCUT2D eigenvalue weighted by Gasteiger charge is -2.33. The first-order chi connectivity index (χ1) is 11.7. The van der Waals surface area contributed by atoms with Gasteiger partial charge in [-0.1, -0.05) is 24.3 Å². The number of amides is 1. The van der Waals surface area contributed by atoms with Gasteiger partial charge in [-0.2, -0.15) is 0 Å². The van der Waals surface area contributed by atoms with E-state index in [1.807, 2.05) is 24.4 Å². The van der Waals surface area contributed by atoms with Crippen LogP contribution in [0.5, 0.6) is 0 Å². The predicted octanol–water partition coefficient (Wildman–Crippen LogP) is 2.86. The van der Waals surface area contributed by atoms with E-state index in [9.17, 15) is 4.79 Å². The third-order valence-electron chi connectivity index (χ3n) is 5.70. The lowest BCUT2D eigenvalue weighted by molar-refractivity contribution is -0.132. The fourth-order valence-electron chi connectivity index (χ4n) is 4.50. The van der Waals surface area contributed by atoms with Gasteiger partial charge in [-0.25, -0.2) is 0 Å². The van der Waals surface area contributed by atoms with E-state index in [0.29, 0.717) is 18.5 Å². The SMILES string of the molecule is CN1CCC[C@@H]1[C@@H]1CCCN1C(=O)Cc1cccc2cccnc12. The molecule has 0 bridgehead atoms. The minimum absolute atomic E-state index is 0.260. The largest absolute Gasteiger partial charge is 0.338 e. The Balaban J connectivity index is 1.54. The number of carbonyl (C=O) groups excluding carboxylic acids is 1. The molecule has 126 valence electrons. The Bertz CT molecular complexity index is 739. The van der Waals surface area contributed by atoms with E-state index in [1.54, 1.807) is 0 Å². The molecular formula is C20H25N3O. The van der Waals surface area contributed by atoms with Gasteiger partial charge in [-0.05, 0) is 50.9 Å². The van der Waals surface area contributed by atoms with Gasteiger partial charge in [-0.3, -0.25) is 9.78 Å². The summed E-state index contributed by atoms with van der Waals surface area (Å²) in [6.45, 7) is 2.07. The van der Waals surface area contributed by atoms with Gasteiger partial charge in [0.1, 0.15) is 0 Å². The molecule has 4 heteroatoms. The molecule has 3 heterocycles. The quantitative estimate of drug-likeness (QED) is 0.871. The summed E-state index contributed by atoms with van der Waals surface area (Å²) in [6.07, 6.45) is 7.03. The minimum Gasteiger partial charge on any atom is -0.338 e. The van der Waals surface area contributed by atoms with Gasteiger partial charge in [0.05, 0.1) is 11.9 Å². The monoisotopic (exact) mass is 323 g/mol. The number of likely N-dealkylation sites (N-methyl/N-ethyl adjacent to an activating group) is 1. The third kappa shape index (κ3) is 2.80. The molecule has 0 unspecified atom stereocenters. The third-order valence-corrected chi connectivity index (χ3v) is 5.70. The highest BCUT2D eigenvalue weighted by Gasteiger charge is 2.38. The van der Waals surface area contributed by atoms with Crippen LogP contribution in [0.2, 0.25) is 0 Å². The van der Waals surface area contributed by atoms with E-state index in [-0.39, 0.29) is 5.91 Å². The minimum atomic E-state index is 0.260. The molecule has 2 saturated heterocycles. The van der Waals surface area contributed by atoms with Crippen molar-refractivity contribution in [2.24, 2.45) is 0 Å². The smallest absolute Gasteiger partial charge is 0.227 e. The van der Waals surface area contributed by atoms with Crippen molar-refractivity contribution in [1.29, 1.82) is 0 Å². The molecule has 0 saturated carbocycles. The highest BCUT2D eigenvalue weighted by Crippen LogP contribution is 2.29. The second-order valence-corrected chi connectivity index (χ2v) is 7.16. The van der Waals surface area contributed by atoms with Crippen molar-refractivity contribution in [3.05, 3.63) is 42.1 Å². The average molecular weight is 323 g/mol. The molecule has 2 aliphatic heterocycles. The Morgan fingerprint density at radius 1 is 1.12 bits per heavy atom. The highest BCUT2D eigenvalue weighted by molar-refractivity contribution is 5.87. The molecule has 4 rings (SSSR count). The Morgan fingerprint density at radius 2 is 1.92 bits per heavy atom. The molecule has 2 atom stereocenters. The number of pyridine rings is 1. The molecule has 1 aromatic carbocycles. The Kier molecular flexibility index (Phi) is 4.23. The van der Waals surface area contributed by atoms with Gasteiger partial charge < -0.3 is 9.80 Å². The molecule has 4 nitrogen and oxygen atoms in total. The van der Waals surface area contributed by atoms with Crippen molar-refractivity contribution in [2.75, 3.05) is 20.1 Å². The number of likely N-dealkylation sites (tertiary alicyclic amines) is 2. The maximum absolute atomic E-state index is 13.0. The molecular weight excluding hydrogens is 298 g/mol. The van der Waals surface area contributed by atoms with Gasteiger partial charge in [-0.15, -0.1) is 0 Å². The van der Waals surface area contributed by atoms with Crippen molar-refractivity contribution < 1.29 is 4.79 Å². The summed E-state index contributed by atoms with van der Waals surface area (Å²) < 4.78 is 0. The van der Waals surface area contributed by atoms with Gasteiger partial charge in [0.25, 0.3) is 0 Å². The van der Waals surface area contributed by atoms with E-state index < -0.39 is 0 Å². The van der Waals surface area contributed by atoms with Gasteiger partial charge in [0.2, 0.25) is 5.91 Å².